The van der Waals surface area contributed by atoms with Crippen LogP contribution in [0.3, 0.4) is 0 Å². The summed E-state index contributed by atoms with van der Waals surface area (Å²) in [4.78, 5) is 0. The fourth-order valence-electron chi connectivity index (χ4n) is 1.78. The van der Waals surface area contributed by atoms with Crippen molar-refractivity contribution in [1.82, 2.24) is 0 Å². The zero-order valence-electron chi connectivity index (χ0n) is 10.5. The number of furan rings is 1. The number of ether oxygens (including phenoxy) is 1. The van der Waals surface area contributed by atoms with Crippen molar-refractivity contribution in [2.24, 2.45) is 0 Å². The maximum atomic E-state index is 5.97. The standard InChI is InChI=1S/C14H18N2O2/c1-17-7-2-6-16-12-3-4-14(15)13(9-12)11-5-8-18-10-11/h3-5,8-10,16H,2,6-7,15H2,1H3. The zero-order chi connectivity index (χ0) is 12.8. The van der Waals surface area contributed by atoms with Crippen LogP contribution in [0.2, 0.25) is 0 Å². The Bertz CT molecular complexity index is 481. The van der Waals surface area contributed by atoms with Crippen LogP contribution in [0.4, 0.5) is 11.4 Å². The van der Waals surface area contributed by atoms with E-state index in [4.69, 9.17) is 14.9 Å². The third-order valence-electron chi connectivity index (χ3n) is 2.74. The lowest BCUT2D eigenvalue weighted by molar-refractivity contribution is 0.198. The van der Waals surface area contributed by atoms with E-state index in [9.17, 15) is 0 Å². The van der Waals surface area contributed by atoms with Crippen LogP contribution in [0.25, 0.3) is 11.1 Å². The highest BCUT2D eigenvalue weighted by Gasteiger charge is 2.05. The average molecular weight is 246 g/mol. The topological polar surface area (TPSA) is 60.4 Å². The van der Waals surface area contributed by atoms with Gasteiger partial charge in [0.1, 0.15) is 0 Å². The largest absolute Gasteiger partial charge is 0.472 e. The van der Waals surface area contributed by atoms with E-state index in [2.05, 4.69) is 5.32 Å². The summed E-state index contributed by atoms with van der Waals surface area (Å²) >= 11 is 0. The van der Waals surface area contributed by atoms with E-state index in [1.807, 2.05) is 24.3 Å². The van der Waals surface area contributed by atoms with Gasteiger partial charge >= 0.3 is 0 Å². The molecule has 4 nitrogen and oxygen atoms in total. The third kappa shape index (κ3) is 3.05. The first-order chi connectivity index (χ1) is 8.81. The van der Waals surface area contributed by atoms with Crippen LogP contribution in [0, 0.1) is 0 Å². The van der Waals surface area contributed by atoms with Gasteiger partial charge in [0.15, 0.2) is 0 Å². The van der Waals surface area contributed by atoms with E-state index in [0.717, 1.165) is 42.1 Å². The molecule has 0 spiro atoms. The molecule has 0 unspecified atom stereocenters. The SMILES string of the molecule is COCCCNc1ccc(N)c(-c2ccoc2)c1. The summed E-state index contributed by atoms with van der Waals surface area (Å²) in [5.74, 6) is 0. The number of hydrogen-bond acceptors (Lipinski definition) is 4. The maximum Gasteiger partial charge on any atom is 0.0981 e. The van der Waals surface area contributed by atoms with Crippen LogP contribution in [0.1, 0.15) is 6.42 Å². The minimum atomic E-state index is 0.749. The molecule has 4 heteroatoms. The van der Waals surface area contributed by atoms with Crippen molar-refractivity contribution in [2.75, 3.05) is 31.3 Å². The Balaban J connectivity index is 2.07. The average Bonchev–Trinajstić information content (AvgIpc) is 2.90. The second-order valence-electron chi connectivity index (χ2n) is 4.09. The summed E-state index contributed by atoms with van der Waals surface area (Å²) in [6.45, 7) is 1.64. The molecule has 0 radical (unpaired) electrons. The summed E-state index contributed by atoms with van der Waals surface area (Å²) in [7, 11) is 1.71. The number of nitrogens with two attached hydrogens (primary N) is 1. The molecule has 0 aliphatic heterocycles. The van der Waals surface area contributed by atoms with Gasteiger partial charge in [-0.3, -0.25) is 0 Å². The highest BCUT2D eigenvalue weighted by Crippen LogP contribution is 2.29. The Labute approximate surface area is 107 Å². The van der Waals surface area contributed by atoms with Crippen LogP contribution < -0.4 is 11.1 Å². The molecule has 0 saturated heterocycles. The smallest absolute Gasteiger partial charge is 0.0981 e. The number of nitrogens with one attached hydrogen (secondary N) is 1. The van der Waals surface area contributed by atoms with Crippen LogP contribution in [-0.4, -0.2) is 20.3 Å². The van der Waals surface area contributed by atoms with Gasteiger partial charge in [-0.05, 0) is 30.7 Å². The third-order valence-corrected chi connectivity index (χ3v) is 2.74. The first-order valence-corrected chi connectivity index (χ1v) is 5.96. The van der Waals surface area contributed by atoms with Gasteiger partial charge < -0.3 is 20.2 Å². The van der Waals surface area contributed by atoms with Crippen molar-refractivity contribution in [2.45, 2.75) is 6.42 Å². The van der Waals surface area contributed by atoms with Crippen LogP contribution in [0.15, 0.2) is 41.2 Å². The van der Waals surface area contributed by atoms with E-state index in [0.29, 0.717) is 0 Å². The monoisotopic (exact) mass is 246 g/mol. The quantitative estimate of drug-likeness (QED) is 0.607. The molecule has 1 heterocycles. The second kappa shape index (κ2) is 6.12. The molecule has 0 bridgehead atoms. The number of hydrogen-bond donors (Lipinski definition) is 2. The van der Waals surface area contributed by atoms with Gasteiger partial charge in [-0.25, -0.2) is 0 Å². The highest BCUT2D eigenvalue weighted by molar-refractivity contribution is 5.79. The first-order valence-electron chi connectivity index (χ1n) is 5.96. The zero-order valence-corrected chi connectivity index (χ0v) is 10.5. The molecule has 0 amide bonds. The fourth-order valence-corrected chi connectivity index (χ4v) is 1.78. The molecule has 0 aliphatic carbocycles. The van der Waals surface area contributed by atoms with Gasteiger partial charge in [0.05, 0.1) is 12.5 Å². The summed E-state index contributed by atoms with van der Waals surface area (Å²) in [6, 6.07) is 7.82. The number of nitrogen functional groups attached to an aromatic ring is 1. The van der Waals surface area contributed by atoms with E-state index in [1.54, 1.807) is 19.6 Å². The molecule has 0 fully saturated rings. The van der Waals surface area contributed by atoms with E-state index in [-0.39, 0.29) is 0 Å². The van der Waals surface area contributed by atoms with Crippen LogP contribution >= 0.6 is 0 Å². The Morgan fingerprint density at radius 3 is 2.94 bits per heavy atom. The maximum absolute atomic E-state index is 5.97. The Morgan fingerprint density at radius 2 is 2.22 bits per heavy atom. The number of methoxy groups -OCH3 is 1. The molecule has 96 valence electrons. The molecule has 1 aromatic heterocycles. The predicted molar refractivity (Wildman–Crippen MR) is 73.5 cm³/mol. The molecule has 0 aliphatic rings. The minimum absolute atomic E-state index is 0.749. The summed E-state index contributed by atoms with van der Waals surface area (Å²) in [5, 5.41) is 3.34. The molecule has 3 N–H and O–H groups in total. The number of anilines is 2. The Morgan fingerprint density at radius 1 is 1.33 bits per heavy atom. The lowest BCUT2D eigenvalue weighted by atomic mass is 10.1. The van der Waals surface area contributed by atoms with E-state index >= 15 is 0 Å². The van der Waals surface area contributed by atoms with E-state index in [1.165, 1.54) is 0 Å². The predicted octanol–water partition coefficient (Wildman–Crippen LogP) is 2.98. The molecule has 0 atom stereocenters. The summed E-state index contributed by atoms with van der Waals surface area (Å²) in [5.41, 5.74) is 9.75. The lowest BCUT2D eigenvalue weighted by Crippen LogP contribution is -2.04. The van der Waals surface area contributed by atoms with Crippen molar-refractivity contribution < 1.29 is 9.15 Å². The molecular formula is C14H18N2O2. The highest BCUT2D eigenvalue weighted by atomic mass is 16.5. The van der Waals surface area contributed by atoms with Gasteiger partial charge in [0.2, 0.25) is 0 Å². The molecular weight excluding hydrogens is 228 g/mol. The number of rotatable bonds is 6. The minimum Gasteiger partial charge on any atom is -0.472 e. The van der Waals surface area contributed by atoms with Gasteiger partial charge in [0.25, 0.3) is 0 Å². The van der Waals surface area contributed by atoms with Crippen molar-refractivity contribution >= 4 is 11.4 Å². The number of benzene rings is 1. The molecule has 1 aromatic carbocycles. The van der Waals surface area contributed by atoms with Gasteiger partial charge in [-0.1, -0.05) is 0 Å². The first kappa shape index (κ1) is 12.5. The second-order valence-corrected chi connectivity index (χ2v) is 4.09. The molecule has 0 saturated carbocycles. The van der Waals surface area contributed by atoms with Crippen LogP contribution in [0.5, 0.6) is 0 Å². The van der Waals surface area contributed by atoms with Gasteiger partial charge in [-0.2, -0.15) is 0 Å². The Kier molecular flexibility index (Phi) is 4.25. The fraction of sp³-hybridized carbons (Fsp3) is 0.286. The Hall–Kier alpha value is -1.94. The van der Waals surface area contributed by atoms with E-state index < -0.39 is 0 Å². The van der Waals surface area contributed by atoms with Gasteiger partial charge in [-0.15, -0.1) is 0 Å². The summed E-state index contributed by atoms with van der Waals surface area (Å²) in [6.07, 6.45) is 4.32. The van der Waals surface area contributed by atoms with Crippen molar-refractivity contribution in [1.29, 1.82) is 0 Å². The summed E-state index contributed by atoms with van der Waals surface area (Å²) < 4.78 is 10.1. The molecule has 18 heavy (non-hydrogen) atoms. The lowest BCUT2D eigenvalue weighted by Gasteiger charge is -2.09. The van der Waals surface area contributed by atoms with Crippen molar-refractivity contribution in [3.05, 3.63) is 36.8 Å². The van der Waals surface area contributed by atoms with Crippen molar-refractivity contribution in [3.63, 3.8) is 0 Å². The van der Waals surface area contributed by atoms with Gasteiger partial charge in [0, 0.05) is 42.8 Å². The van der Waals surface area contributed by atoms with Crippen molar-refractivity contribution in [3.8, 4) is 11.1 Å². The molecule has 2 rings (SSSR count). The normalized spacial score (nSPS) is 10.5. The molecule has 2 aromatic rings. The van der Waals surface area contributed by atoms with Crippen LogP contribution in [-0.2, 0) is 4.74 Å².